The molecule has 7 nitrogen and oxygen atoms in total. The van der Waals surface area contributed by atoms with Crippen LogP contribution >= 0.6 is 23.4 Å². The van der Waals surface area contributed by atoms with Crippen LogP contribution in [0, 0.1) is 0 Å². The molecule has 3 rings (SSSR count). The smallest absolute Gasteiger partial charge is 0.234 e. The fraction of sp³-hybridized carbons (Fsp3) is 0.190. The van der Waals surface area contributed by atoms with Crippen LogP contribution in [0.1, 0.15) is 5.56 Å². The molecule has 0 unspecified atom stereocenters. The first kappa shape index (κ1) is 21.7. The zero-order valence-corrected chi connectivity index (χ0v) is 18.1. The molecule has 0 aliphatic carbocycles. The minimum absolute atomic E-state index is 0.180. The third-order valence-corrected chi connectivity index (χ3v) is 5.24. The van der Waals surface area contributed by atoms with E-state index in [4.69, 9.17) is 21.1 Å². The molecule has 0 saturated carbocycles. The molecule has 0 bridgehead atoms. The van der Waals surface area contributed by atoms with Crippen molar-refractivity contribution in [3.63, 3.8) is 0 Å². The Morgan fingerprint density at radius 1 is 1.07 bits per heavy atom. The maximum atomic E-state index is 12.4. The second kappa shape index (κ2) is 10.7. The molecule has 9 heteroatoms. The van der Waals surface area contributed by atoms with E-state index in [-0.39, 0.29) is 11.7 Å². The number of nitrogens with zero attached hydrogens (tertiary/aromatic N) is 2. The van der Waals surface area contributed by atoms with E-state index < -0.39 is 0 Å². The van der Waals surface area contributed by atoms with E-state index in [0.29, 0.717) is 39.6 Å². The van der Waals surface area contributed by atoms with Gasteiger partial charge in [0.25, 0.3) is 0 Å². The fourth-order valence-corrected chi connectivity index (χ4v) is 3.34. The molecule has 0 atom stereocenters. The predicted molar refractivity (Wildman–Crippen MR) is 120 cm³/mol. The maximum absolute atomic E-state index is 12.4. The van der Waals surface area contributed by atoms with E-state index in [0.717, 1.165) is 5.56 Å². The van der Waals surface area contributed by atoms with Crippen molar-refractivity contribution in [2.45, 2.75) is 11.6 Å². The first-order chi connectivity index (χ1) is 14.6. The van der Waals surface area contributed by atoms with Crippen molar-refractivity contribution in [1.29, 1.82) is 0 Å². The summed E-state index contributed by atoms with van der Waals surface area (Å²) in [5.41, 5.74) is 1.63. The van der Waals surface area contributed by atoms with Gasteiger partial charge in [-0.1, -0.05) is 35.5 Å². The molecular weight excluding hydrogens is 424 g/mol. The summed E-state index contributed by atoms with van der Waals surface area (Å²) in [5.74, 6) is 1.88. The Morgan fingerprint density at radius 2 is 1.87 bits per heavy atom. The predicted octanol–water partition coefficient (Wildman–Crippen LogP) is 4.49. The van der Waals surface area contributed by atoms with Crippen molar-refractivity contribution in [1.82, 2.24) is 9.97 Å². The lowest BCUT2D eigenvalue weighted by Gasteiger charge is -2.11. The van der Waals surface area contributed by atoms with E-state index in [2.05, 4.69) is 20.6 Å². The summed E-state index contributed by atoms with van der Waals surface area (Å²) >= 11 is 7.22. The second-order valence-corrected chi connectivity index (χ2v) is 7.56. The third-order valence-electron chi connectivity index (χ3n) is 4.06. The van der Waals surface area contributed by atoms with Crippen LogP contribution in [-0.4, -0.2) is 35.8 Å². The molecule has 2 aromatic carbocycles. The number of thioether (sulfide) groups is 1. The Kier molecular flexibility index (Phi) is 7.75. The van der Waals surface area contributed by atoms with Gasteiger partial charge in [0, 0.05) is 23.7 Å². The number of halogens is 1. The van der Waals surface area contributed by atoms with Crippen molar-refractivity contribution in [2.24, 2.45) is 0 Å². The topological polar surface area (TPSA) is 85.4 Å². The van der Waals surface area contributed by atoms with E-state index in [1.165, 1.54) is 18.1 Å². The number of hydrogen-bond donors (Lipinski definition) is 2. The van der Waals surface area contributed by atoms with Crippen molar-refractivity contribution in [2.75, 3.05) is 30.6 Å². The molecule has 1 heterocycles. The summed E-state index contributed by atoms with van der Waals surface area (Å²) in [7, 11) is 3.11. The summed E-state index contributed by atoms with van der Waals surface area (Å²) in [4.78, 5) is 20.8. The number of ether oxygens (including phenoxy) is 2. The largest absolute Gasteiger partial charge is 0.497 e. The quantitative estimate of drug-likeness (QED) is 0.371. The number of anilines is 2. The number of benzene rings is 2. The van der Waals surface area contributed by atoms with Gasteiger partial charge < -0.3 is 20.1 Å². The molecular formula is C21H21ClN4O3S. The van der Waals surface area contributed by atoms with Gasteiger partial charge in [-0.05, 0) is 29.8 Å². The van der Waals surface area contributed by atoms with Crippen LogP contribution in [0.2, 0.25) is 5.02 Å². The molecule has 0 spiro atoms. The molecule has 1 amide bonds. The monoisotopic (exact) mass is 444 g/mol. The van der Waals surface area contributed by atoms with Gasteiger partial charge in [-0.2, -0.15) is 0 Å². The molecule has 0 aliphatic heterocycles. The van der Waals surface area contributed by atoms with Crippen LogP contribution in [0.4, 0.5) is 11.5 Å². The summed E-state index contributed by atoms with van der Waals surface area (Å²) in [5, 5.41) is 7.46. The number of carbonyl (C=O) groups is 1. The molecule has 2 N–H and O–H groups in total. The highest BCUT2D eigenvalue weighted by Crippen LogP contribution is 2.29. The fourth-order valence-electron chi connectivity index (χ4n) is 2.55. The molecule has 0 saturated heterocycles. The molecule has 30 heavy (non-hydrogen) atoms. The maximum Gasteiger partial charge on any atom is 0.234 e. The van der Waals surface area contributed by atoms with Crippen LogP contribution in [0.3, 0.4) is 0 Å². The molecule has 3 aromatic rings. The number of rotatable bonds is 9. The summed E-state index contributed by atoms with van der Waals surface area (Å²) in [6.45, 7) is 0.606. The number of nitrogens with one attached hydrogen (secondary N) is 2. The minimum atomic E-state index is -0.180. The molecule has 1 aromatic heterocycles. The second-order valence-electron chi connectivity index (χ2n) is 6.12. The number of methoxy groups -OCH3 is 2. The highest BCUT2D eigenvalue weighted by Gasteiger charge is 2.10. The van der Waals surface area contributed by atoms with Crippen LogP contribution in [-0.2, 0) is 11.3 Å². The van der Waals surface area contributed by atoms with Gasteiger partial charge in [0.2, 0.25) is 5.91 Å². The first-order valence-corrected chi connectivity index (χ1v) is 10.4. The lowest BCUT2D eigenvalue weighted by Crippen LogP contribution is -2.15. The van der Waals surface area contributed by atoms with Gasteiger partial charge >= 0.3 is 0 Å². The van der Waals surface area contributed by atoms with Crippen LogP contribution in [0.15, 0.2) is 59.9 Å². The average molecular weight is 445 g/mol. The van der Waals surface area contributed by atoms with E-state index in [9.17, 15) is 4.79 Å². The van der Waals surface area contributed by atoms with E-state index >= 15 is 0 Å². The van der Waals surface area contributed by atoms with Gasteiger partial charge in [-0.3, -0.25) is 4.79 Å². The summed E-state index contributed by atoms with van der Waals surface area (Å²) in [6.07, 6.45) is 1.47. The lowest BCUT2D eigenvalue weighted by molar-refractivity contribution is -0.113. The number of hydrogen-bond acceptors (Lipinski definition) is 7. The number of carbonyl (C=O) groups excluding carboxylic acids is 1. The van der Waals surface area contributed by atoms with Crippen molar-refractivity contribution >= 4 is 40.8 Å². The lowest BCUT2D eigenvalue weighted by atomic mass is 10.2. The number of aromatic nitrogens is 2. The molecule has 0 radical (unpaired) electrons. The summed E-state index contributed by atoms with van der Waals surface area (Å²) in [6, 6.07) is 14.6. The van der Waals surface area contributed by atoms with Gasteiger partial charge in [-0.25, -0.2) is 9.97 Å². The molecule has 0 fully saturated rings. The van der Waals surface area contributed by atoms with Crippen molar-refractivity contribution < 1.29 is 14.3 Å². The average Bonchev–Trinajstić information content (AvgIpc) is 2.77. The zero-order chi connectivity index (χ0) is 21.3. The van der Waals surface area contributed by atoms with Crippen LogP contribution < -0.4 is 20.1 Å². The van der Waals surface area contributed by atoms with E-state index in [1.807, 2.05) is 24.3 Å². The molecule has 0 aliphatic rings. The minimum Gasteiger partial charge on any atom is -0.497 e. The Hall–Kier alpha value is -2.97. The standard InChI is InChI=1S/C21H21ClN4O3S/c1-28-16-7-8-18(29-2)17(9-16)26-20(27)12-30-21-10-19(24-13-25-21)23-11-14-3-5-15(22)6-4-14/h3-10,13H,11-12H2,1-2H3,(H,26,27)(H,23,24,25). The van der Waals surface area contributed by atoms with Crippen molar-refractivity contribution in [3.8, 4) is 11.5 Å². The normalized spacial score (nSPS) is 10.4. The van der Waals surface area contributed by atoms with Crippen molar-refractivity contribution in [3.05, 3.63) is 65.4 Å². The van der Waals surface area contributed by atoms with Crippen LogP contribution in [0.5, 0.6) is 11.5 Å². The van der Waals surface area contributed by atoms with Gasteiger partial charge in [0.05, 0.1) is 25.7 Å². The zero-order valence-electron chi connectivity index (χ0n) is 16.5. The number of amides is 1. The van der Waals surface area contributed by atoms with Gasteiger partial charge in [0.15, 0.2) is 0 Å². The third kappa shape index (κ3) is 6.27. The molecule has 156 valence electrons. The Balaban J connectivity index is 1.55. The highest BCUT2D eigenvalue weighted by molar-refractivity contribution is 7.99. The van der Waals surface area contributed by atoms with Gasteiger partial charge in [0.1, 0.15) is 28.7 Å². The van der Waals surface area contributed by atoms with E-state index in [1.54, 1.807) is 38.5 Å². The Morgan fingerprint density at radius 3 is 2.60 bits per heavy atom. The van der Waals surface area contributed by atoms with Crippen LogP contribution in [0.25, 0.3) is 0 Å². The SMILES string of the molecule is COc1ccc(OC)c(NC(=O)CSc2cc(NCc3ccc(Cl)cc3)ncn2)c1. The Bertz CT molecular complexity index is 1000. The summed E-state index contributed by atoms with van der Waals surface area (Å²) < 4.78 is 10.5. The highest BCUT2D eigenvalue weighted by atomic mass is 35.5. The first-order valence-electron chi connectivity index (χ1n) is 9.02. The Labute approximate surface area is 184 Å². The van der Waals surface area contributed by atoms with Gasteiger partial charge in [-0.15, -0.1) is 0 Å².